The summed E-state index contributed by atoms with van der Waals surface area (Å²) in [5.41, 5.74) is 1.70. The molecule has 1 spiro atoms. The van der Waals surface area contributed by atoms with Gasteiger partial charge >= 0.3 is 0 Å². The quantitative estimate of drug-likeness (QED) is 0.778. The van der Waals surface area contributed by atoms with E-state index in [9.17, 15) is 4.79 Å². The SMILES string of the molecule is CC(C)(C)n1cc2c(n1)C(=O)C1(CCNCC1)CC2. The lowest BCUT2D eigenvalue weighted by Crippen LogP contribution is -2.44. The van der Waals surface area contributed by atoms with Crippen LogP contribution in [-0.2, 0) is 12.0 Å². The van der Waals surface area contributed by atoms with E-state index in [4.69, 9.17) is 0 Å². The molecule has 1 aliphatic heterocycles. The van der Waals surface area contributed by atoms with Crippen molar-refractivity contribution in [2.75, 3.05) is 13.1 Å². The zero-order chi connectivity index (χ0) is 13.7. The number of carbonyl (C=O) groups excluding carboxylic acids is 1. The van der Waals surface area contributed by atoms with Crippen LogP contribution >= 0.6 is 0 Å². The van der Waals surface area contributed by atoms with Crippen LogP contribution in [0.3, 0.4) is 0 Å². The van der Waals surface area contributed by atoms with E-state index in [1.165, 1.54) is 0 Å². The molecule has 0 atom stereocenters. The number of fused-ring (bicyclic) bond motifs is 1. The standard InChI is InChI=1S/C15H23N3O/c1-14(2,3)18-10-11-4-5-15(6-8-16-9-7-15)13(19)12(11)17-18/h10,16H,4-9H2,1-3H3. The summed E-state index contributed by atoms with van der Waals surface area (Å²) in [6.07, 6.45) is 6.00. The Labute approximate surface area is 114 Å². The molecule has 0 amide bonds. The zero-order valence-electron chi connectivity index (χ0n) is 12.1. The molecule has 1 aromatic rings. The Bertz CT molecular complexity index is 504. The van der Waals surface area contributed by atoms with E-state index in [2.05, 4.69) is 37.4 Å². The summed E-state index contributed by atoms with van der Waals surface area (Å²) >= 11 is 0. The summed E-state index contributed by atoms with van der Waals surface area (Å²) in [6, 6.07) is 0. The molecule has 0 aromatic carbocycles. The molecule has 0 radical (unpaired) electrons. The van der Waals surface area contributed by atoms with Crippen molar-refractivity contribution in [3.8, 4) is 0 Å². The van der Waals surface area contributed by atoms with Gasteiger partial charge in [-0.1, -0.05) is 0 Å². The minimum Gasteiger partial charge on any atom is -0.317 e. The predicted molar refractivity (Wildman–Crippen MR) is 74.4 cm³/mol. The van der Waals surface area contributed by atoms with Crippen LogP contribution in [0.5, 0.6) is 0 Å². The van der Waals surface area contributed by atoms with Crippen molar-refractivity contribution in [1.82, 2.24) is 15.1 Å². The molecule has 0 unspecified atom stereocenters. The van der Waals surface area contributed by atoms with E-state index < -0.39 is 0 Å². The van der Waals surface area contributed by atoms with E-state index in [0.717, 1.165) is 50.0 Å². The van der Waals surface area contributed by atoms with Gasteiger partial charge in [0.05, 0.1) is 5.54 Å². The third-order valence-electron chi connectivity index (χ3n) is 4.61. The van der Waals surface area contributed by atoms with Crippen molar-refractivity contribution >= 4 is 5.78 Å². The molecule has 3 rings (SSSR count). The predicted octanol–water partition coefficient (Wildman–Crippen LogP) is 2.14. The molecule has 0 saturated carbocycles. The summed E-state index contributed by atoms with van der Waals surface area (Å²) in [4.78, 5) is 12.8. The fourth-order valence-electron chi connectivity index (χ4n) is 3.25. The molecule has 4 heteroatoms. The van der Waals surface area contributed by atoms with Crippen molar-refractivity contribution in [3.05, 3.63) is 17.5 Å². The Hall–Kier alpha value is -1.16. The molecule has 2 heterocycles. The van der Waals surface area contributed by atoms with Crippen molar-refractivity contribution < 1.29 is 4.79 Å². The van der Waals surface area contributed by atoms with Crippen molar-refractivity contribution in [2.45, 2.75) is 52.0 Å². The molecule has 0 bridgehead atoms. The van der Waals surface area contributed by atoms with Gasteiger partial charge in [0, 0.05) is 17.2 Å². The lowest BCUT2D eigenvalue weighted by Gasteiger charge is -2.38. The van der Waals surface area contributed by atoms with Gasteiger partial charge in [0.1, 0.15) is 5.69 Å². The molecule has 19 heavy (non-hydrogen) atoms. The number of nitrogens with zero attached hydrogens (tertiary/aromatic N) is 2. The van der Waals surface area contributed by atoms with Gasteiger partial charge in [0.25, 0.3) is 0 Å². The second kappa shape index (κ2) is 4.17. The molecular formula is C15H23N3O. The molecule has 1 N–H and O–H groups in total. The molecule has 1 fully saturated rings. The number of nitrogens with one attached hydrogen (secondary N) is 1. The Morgan fingerprint density at radius 1 is 1.26 bits per heavy atom. The number of aryl methyl sites for hydroxylation is 1. The highest BCUT2D eigenvalue weighted by molar-refractivity contribution is 6.01. The Morgan fingerprint density at radius 3 is 2.58 bits per heavy atom. The third-order valence-corrected chi connectivity index (χ3v) is 4.61. The van der Waals surface area contributed by atoms with Crippen molar-refractivity contribution in [1.29, 1.82) is 0 Å². The maximum absolute atomic E-state index is 12.8. The Morgan fingerprint density at radius 2 is 1.95 bits per heavy atom. The van der Waals surface area contributed by atoms with E-state index in [1.807, 2.05) is 4.68 Å². The van der Waals surface area contributed by atoms with Crippen LogP contribution in [0.2, 0.25) is 0 Å². The molecule has 4 nitrogen and oxygen atoms in total. The van der Waals surface area contributed by atoms with Gasteiger partial charge in [0.2, 0.25) is 0 Å². The lowest BCUT2D eigenvalue weighted by molar-refractivity contribution is 0.0679. The number of carbonyl (C=O) groups is 1. The van der Waals surface area contributed by atoms with Crippen LogP contribution in [0.25, 0.3) is 0 Å². The summed E-state index contributed by atoms with van der Waals surface area (Å²) in [5, 5.41) is 7.95. The minimum atomic E-state index is -0.130. The summed E-state index contributed by atoms with van der Waals surface area (Å²) in [5.74, 6) is 0.290. The molecule has 104 valence electrons. The largest absolute Gasteiger partial charge is 0.317 e. The van der Waals surface area contributed by atoms with Gasteiger partial charge in [0.15, 0.2) is 5.78 Å². The van der Waals surface area contributed by atoms with Crippen molar-refractivity contribution in [2.24, 2.45) is 5.41 Å². The fraction of sp³-hybridized carbons (Fsp3) is 0.733. The average Bonchev–Trinajstić information content (AvgIpc) is 2.80. The lowest BCUT2D eigenvalue weighted by atomic mass is 9.67. The van der Waals surface area contributed by atoms with E-state index in [1.54, 1.807) is 0 Å². The van der Waals surface area contributed by atoms with E-state index >= 15 is 0 Å². The molecule has 1 saturated heterocycles. The molecule has 1 aliphatic carbocycles. The zero-order valence-corrected chi connectivity index (χ0v) is 12.1. The van der Waals surface area contributed by atoms with Gasteiger partial charge < -0.3 is 5.32 Å². The number of aromatic nitrogens is 2. The first-order chi connectivity index (χ1) is 8.92. The second-order valence-corrected chi connectivity index (χ2v) is 6.98. The van der Waals surface area contributed by atoms with Crippen LogP contribution in [0.4, 0.5) is 0 Å². The number of Topliss-reactive ketones (excluding diaryl/α,β-unsaturated/α-hetero) is 1. The number of hydrogen-bond donors (Lipinski definition) is 1. The molecule has 2 aliphatic rings. The maximum Gasteiger partial charge on any atom is 0.189 e. The molecular weight excluding hydrogens is 238 g/mol. The monoisotopic (exact) mass is 261 g/mol. The Balaban J connectivity index is 1.97. The third kappa shape index (κ3) is 2.02. The van der Waals surface area contributed by atoms with Crippen molar-refractivity contribution in [3.63, 3.8) is 0 Å². The first kappa shape index (κ1) is 12.9. The van der Waals surface area contributed by atoms with Gasteiger partial charge in [-0.2, -0.15) is 5.10 Å². The van der Waals surface area contributed by atoms with Gasteiger partial charge in [-0.25, -0.2) is 0 Å². The highest BCUT2D eigenvalue weighted by Gasteiger charge is 2.44. The highest BCUT2D eigenvalue weighted by Crippen LogP contribution is 2.41. The minimum absolute atomic E-state index is 0.0566. The first-order valence-electron chi connectivity index (χ1n) is 7.27. The number of hydrogen-bond acceptors (Lipinski definition) is 3. The van der Waals surface area contributed by atoms with E-state index in [0.29, 0.717) is 5.78 Å². The summed E-state index contributed by atoms with van der Waals surface area (Å²) < 4.78 is 1.95. The number of ketones is 1. The smallest absolute Gasteiger partial charge is 0.189 e. The van der Waals surface area contributed by atoms with Crippen LogP contribution in [0.1, 0.15) is 56.1 Å². The topological polar surface area (TPSA) is 46.9 Å². The van der Waals surface area contributed by atoms with Crippen LogP contribution < -0.4 is 5.32 Å². The summed E-state index contributed by atoms with van der Waals surface area (Å²) in [6.45, 7) is 8.28. The molecule has 1 aromatic heterocycles. The highest BCUT2D eigenvalue weighted by atomic mass is 16.1. The van der Waals surface area contributed by atoms with E-state index in [-0.39, 0.29) is 11.0 Å². The fourth-order valence-corrected chi connectivity index (χ4v) is 3.25. The second-order valence-electron chi connectivity index (χ2n) is 6.98. The average molecular weight is 261 g/mol. The van der Waals surface area contributed by atoms with Gasteiger partial charge in [-0.05, 0) is 59.5 Å². The first-order valence-corrected chi connectivity index (χ1v) is 7.27. The van der Waals surface area contributed by atoms with Crippen LogP contribution in [-0.4, -0.2) is 28.7 Å². The normalized spacial score (nSPS) is 22.6. The maximum atomic E-state index is 12.8. The summed E-state index contributed by atoms with van der Waals surface area (Å²) in [7, 11) is 0. The van der Waals surface area contributed by atoms with Crippen LogP contribution in [0.15, 0.2) is 6.20 Å². The van der Waals surface area contributed by atoms with Crippen LogP contribution in [0, 0.1) is 5.41 Å². The number of piperidine rings is 1. The van der Waals surface area contributed by atoms with Gasteiger partial charge in [-0.15, -0.1) is 0 Å². The number of rotatable bonds is 0. The van der Waals surface area contributed by atoms with Gasteiger partial charge in [-0.3, -0.25) is 9.48 Å². The Kier molecular flexibility index (Phi) is 2.82.